The smallest absolute Gasteiger partial charge is 0.255 e. The van der Waals surface area contributed by atoms with Crippen LogP contribution in [-0.4, -0.2) is 25.1 Å². The van der Waals surface area contributed by atoms with Gasteiger partial charge in [-0.2, -0.15) is 0 Å². The average Bonchev–Trinajstić information content (AvgIpc) is 2.94. The summed E-state index contributed by atoms with van der Waals surface area (Å²) in [4.78, 5) is 15.8. The van der Waals surface area contributed by atoms with Gasteiger partial charge in [0.1, 0.15) is 11.5 Å². The number of benzene rings is 2. The standard InChI is InChI=1S/C19H20N2O3/c1-11-7-13-8-15(5-6-16(13)20-11)21-19(22)14-9-17(23-3)12(2)18(10-14)24-4/h5-10,20H,1-4H3,(H,21,22). The summed E-state index contributed by atoms with van der Waals surface area (Å²) in [7, 11) is 3.15. The second-order valence-corrected chi connectivity index (χ2v) is 5.71. The molecule has 3 rings (SSSR count). The van der Waals surface area contributed by atoms with Gasteiger partial charge in [-0.3, -0.25) is 4.79 Å². The van der Waals surface area contributed by atoms with Gasteiger partial charge in [-0.1, -0.05) is 0 Å². The molecule has 24 heavy (non-hydrogen) atoms. The fourth-order valence-electron chi connectivity index (χ4n) is 2.78. The van der Waals surface area contributed by atoms with Crippen molar-refractivity contribution in [2.24, 2.45) is 0 Å². The number of H-pyrrole nitrogens is 1. The van der Waals surface area contributed by atoms with Crippen molar-refractivity contribution in [3.63, 3.8) is 0 Å². The zero-order chi connectivity index (χ0) is 17.3. The summed E-state index contributed by atoms with van der Waals surface area (Å²) in [5.41, 5.74) is 4.22. The highest BCUT2D eigenvalue weighted by Crippen LogP contribution is 2.30. The summed E-state index contributed by atoms with van der Waals surface area (Å²) in [5.74, 6) is 1.03. The van der Waals surface area contributed by atoms with E-state index in [1.807, 2.05) is 38.1 Å². The van der Waals surface area contributed by atoms with Crippen LogP contribution < -0.4 is 14.8 Å². The molecule has 2 aromatic carbocycles. The van der Waals surface area contributed by atoms with Gasteiger partial charge in [-0.05, 0) is 50.2 Å². The van der Waals surface area contributed by atoms with Crippen molar-refractivity contribution in [1.29, 1.82) is 0 Å². The maximum absolute atomic E-state index is 12.6. The number of amides is 1. The summed E-state index contributed by atoms with van der Waals surface area (Å²) in [5, 5.41) is 3.98. The molecule has 5 heteroatoms. The summed E-state index contributed by atoms with van der Waals surface area (Å²) in [6.45, 7) is 3.89. The Labute approximate surface area is 140 Å². The number of carbonyl (C=O) groups is 1. The Kier molecular flexibility index (Phi) is 4.16. The van der Waals surface area contributed by atoms with Crippen LogP contribution in [-0.2, 0) is 0 Å². The fraction of sp³-hybridized carbons (Fsp3) is 0.211. The van der Waals surface area contributed by atoms with Crippen molar-refractivity contribution >= 4 is 22.5 Å². The lowest BCUT2D eigenvalue weighted by Crippen LogP contribution is -2.12. The molecule has 1 aromatic heterocycles. The fourth-order valence-corrected chi connectivity index (χ4v) is 2.78. The van der Waals surface area contributed by atoms with Crippen LogP contribution in [0.2, 0.25) is 0 Å². The number of aromatic nitrogens is 1. The van der Waals surface area contributed by atoms with E-state index in [4.69, 9.17) is 9.47 Å². The number of methoxy groups -OCH3 is 2. The Balaban J connectivity index is 1.90. The van der Waals surface area contributed by atoms with Crippen molar-refractivity contribution in [2.75, 3.05) is 19.5 Å². The minimum Gasteiger partial charge on any atom is -0.496 e. The van der Waals surface area contributed by atoms with E-state index in [0.717, 1.165) is 27.8 Å². The highest BCUT2D eigenvalue weighted by Gasteiger charge is 2.14. The third-order valence-electron chi connectivity index (χ3n) is 4.03. The first-order valence-electron chi connectivity index (χ1n) is 7.65. The van der Waals surface area contributed by atoms with Gasteiger partial charge in [0.15, 0.2) is 0 Å². The van der Waals surface area contributed by atoms with Gasteiger partial charge in [-0.15, -0.1) is 0 Å². The van der Waals surface area contributed by atoms with Crippen LogP contribution in [0.4, 0.5) is 5.69 Å². The number of ether oxygens (including phenoxy) is 2. The minimum atomic E-state index is -0.210. The number of hydrogen-bond acceptors (Lipinski definition) is 3. The quantitative estimate of drug-likeness (QED) is 0.761. The largest absolute Gasteiger partial charge is 0.496 e. The van der Waals surface area contributed by atoms with Crippen LogP contribution >= 0.6 is 0 Å². The van der Waals surface area contributed by atoms with Gasteiger partial charge in [0.05, 0.1) is 14.2 Å². The van der Waals surface area contributed by atoms with E-state index in [9.17, 15) is 4.79 Å². The first-order chi connectivity index (χ1) is 11.5. The molecule has 0 spiro atoms. The average molecular weight is 324 g/mol. The van der Waals surface area contributed by atoms with Crippen molar-refractivity contribution in [3.8, 4) is 11.5 Å². The first kappa shape index (κ1) is 15.9. The molecule has 0 atom stereocenters. The van der Waals surface area contributed by atoms with Crippen LogP contribution in [0.5, 0.6) is 11.5 Å². The second-order valence-electron chi connectivity index (χ2n) is 5.71. The molecule has 0 saturated heterocycles. The predicted molar refractivity (Wildman–Crippen MR) is 95.3 cm³/mol. The lowest BCUT2D eigenvalue weighted by molar-refractivity contribution is 0.102. The molecule has 0 unspecified atom stereocenters. The SMILES string of the molecule is COc1cc(C(=O)Nc2ccc3[nH]c(C)cc3c2)cc(OC)c1C. The van der Waals surface area contributed by atoms with E-state index in [0.29, 0.717) is 17.1 Å². The number of nitrogens with one attached hydrogen (secondary N) is 2. The number of carbonyl (C=O) groups excluding carboxylic acids is 1. The number of anilines is 1. The van der Waals surface area contributed by atoms with Crippen LogP contribution in [0.15, 0.2) is 36.4 Å². The number of rotatable bonds is 4. The maximum Gasteiger partial charge on any atom is 0.255 e. The summed E-state index contributed by atoms with van der Waals surface area (Å²) in [6.07, 6.45) is 0. The highest BCUT2D eigenvalue weighted by atomic mass is 16.5. The first-order valence-corrected chi connectivity index (χ1v) is 7.65. The molecule has 0 aliphatic carbocycles. The highest BCUT2D eigenvalue weighted by molar-refractivity contribution is 6.05. The van der Waals surface area contributed by atoms with Crippen LogP contribution in [0.25, 0.3) is 10.9 Å². The normalized spacial score (nSPS) is 10.7. The van der Waals surface area contributed by atoms with Crippen LogP contribution in [0.3, 0.4) is 0 Å². The van der Waals surface area contributed by atoms with Crippen LogP contribution in [0, 0.1) is 13.8 Å². The Morgan fingerprint density at radius 1 is 1.00 bits per heavy atom. The van der Waals surface area contributed by atoms with Crippen molar-refractivity contribution in [3.05, 3.63) is 53.2 Å². The molecular weight excluding hydrogens is 304 g/mol. The van der Waals surface area contributed by atoms with E-state index in [2.05, 4.69) is 10.3 Å². The molecule has 0 radical (unpaired) electrons. The van der Waals surface area contributed by atoms with Gasteiger partial charge >= 0.3 is 0 Å². The molecule has 2 N–H and O–H groups in total. The van der Waals surface area contributed by atoms with Gasteiger partial charge in [0.25, 0.3) is 5.91 Å². The summed E-state index contributed by atoms with van der Waals surface area (Å²) >= 11 is 0. The zero-order valence-corrected chi connectivity index (χ0v) is 14.2. The van der Waals surface area contributed by atoms with Crippen molar-refractivity contribution < 1.29 is 14.3 Å². The summed E-state index contributed by atoms with van der Waals surface area (Å²) < 4.78 is 10.6. The number of hydrogen-bond donors (Lipinski definition) is 2. The Morgan fingerprint density at radius 3 is 2.29 bits per heavy atom. The summed E-state index contributed by atoms with van der Waals surface area (Å²) in [6, 6.07) is 11.2. The predicted octanol–water partition coefficient (Wildman–Crippen LogP) is 4.05. The lowest BCUT2D eigenvalue weighted by atomic mass is 10.1. The molecule has 1 heterocycles. The Bertz CT molecular complexity index is 887. The Hall–Kier alpha value is -2.95. The van der Waals surface area contributed by atoms with Crippen LogP contribution in [0.1, 0.15) is 21.6 Å². The molecule has 3 aromatic rings. The number of aryl methyl sites for hydroxylation is 1. The van der Waals surface area contributed by atoms with E-state index >= 15 is 0 Å². The Morgan fingerprint density at radius 2 is 1.67 bits per heavy atom. The third-order valence-corrected chi connectivity index (χ3v) is 4.03. The molecule has 124 valence electrons. The minimum absolute atomic E-state index is 0.210. The molecule has 0 aliphatic rings. The van der Waals surface area contributed by atoms with E-state index in [1.165, 1.54) is 0 Å². The second kappa shape index (κ2) is 6.28. The maximum atomic E-state index is 12.6. The molecular formula is C19H20N2O3. The molecule has 0 fully saturated rings. The van der Waals surface area contributed by atoms with Gasteiger partial charge in [0.2, 0.25) is 0 Å². The van der Waals surface area contributed by atoms with Gasteiger partial charge in [-0.25, -0.2) is 0 Å². The van der Waals surface area contributed by atoms with E-state index < -0.39 is 0 Å². The molecule has 0 bridgehead atoms. The van der Waals surface area contributed by atoms with Gasteiger partial charge in [0, 0.05) is 33.4 Å². The topological polar surface area (TPSA) is 63.3 Å². The molecule has 1 amide bonds. The van der Waals surface area contributed by atoms with Crippen molar-refractivity contribution in [1.82, 2.24) is 4.98 Å². The molecule has 0 saturated carbocycles. The van der Waals surface area contributed by atoms with E-state index in [-0.39, 0.29) is 5.91 Å². The van der Waals surface area contributed by atoms with E-state index in [1.54, 1.807) is 26.4 Å². The number of aromatic amines is 1. The molecule has 5 nitrogen and oxygen atoms in total. The van der Waals surface area contributed by atoms with Crippen molar-refractivity contribution in [2.45, 2.75) is 13.8 Å². The third kappa shape index (κ3) is 2.93. The zero-order valence-electron chi connectivity index (χ0n) is 14.2. The monoisotopic (exact) mass is 324 g/mol. The lowest BCUT2D eigenvalue weighted by Gasteiger charge is -2.12. The number of fused-ring (bicyclic) bond motifs is 1. The molecule has 0 aliphatic heterocycles. The van der Waals surface area contributed by atoms with Gasteiger partial charge < -0.3 is 19.8 Å².